The molecule has 16 heavy (non-hydrogen) atoms. The van der Waals surface area contributed by atoms with Crippen molar-refractivity contribution in [3.63, 3.8) is 0 Å². The Kier molecular flexibility index (Phi) is 2.72. The molecule has 0 aliphatic rings. The highest BCUT2D eigenvalue weighted by molar-refractivity contribution is 7.85. The lowest BCUT2D eigenvalue weighted by Crippen LogP contribution is -1.97. The van der Waals surface area contributed by atoms with Crippen molar-refractivity contribution in [3.8, 4) is 11.1 Å². The van der Waals surface area contributed by atoms with Crippen molar-refractivity contribution in [1.29, 1.82) is 0 Å². The Morgan fingerprint density at radius 3 is 1.88 bits per heavy atom. The van der Waals surface area contributed by atoms with Crippen LogP contribution < -0.4 is 0 Å². The third kappa shape index (κ3) is 2.26. The van der Waals surface area contributed by atoms with Crippen molar-refractivity contribution in [2.24, 2.45) is 0 Å². The maximum atomic E-state index is 10.8. The van der Waals surface area contributed by atoms with Crippen molar-refractivity contribution >= 4 is 10.1 Å². The third-order valence-electron chi connectivity index (χ3n) is 2.17. The number of benzene rings is 1. The van der Waals surface area contributed by atoms with E-state index in [9.17, 15) is 8.42 Å². The molecule has 82 valence electrons. The number of rotatable bonds is 2. The largest absolute Gasteiger partial charge is 0.294 e. The maximum absolute atomic E-state index is 10.8. The summed E-state index contributed by atoms with van der Waals surface area (Å²) in [6.07, 6.45) is 3.32. The van der Waals surface area contributed by atoms with Gasteiger partial charge in [-0.1, -0.05) is 12.1 Å². The Morgan fingerprint density at radius 2 is 1.38 bits per heavy atom. The van der Waals surface area contributed by atoms with Crippen LogP contribution in [0.4, 0.5) is 0 Å². The van der Waals surface area contributed by atoms with Crippen molar-refractivity contribution in [2.45, 2.75) is 4.90 Å². The Morgan fingerprint density at radius 1 is 0.875 bits per heavy atom. The van der Waals surface area contributed by atoms with Gasteiger partial charge in [0, 0.05) is 12.4 Å². The van der Waals surface area contributed by atoms with Crippen LogP contribution in [0.5, 0.6) is 0 Å². The maximum Gasteiger partial charge on any atom is 0.294 e. The van der Waals surface area contributed by atoms with Crippen LogP contribution in [0.25, 0.3) is 11.1 Å². The van der Waals surface area contributed by atoms with Crippen molar-refractivity contribution in [1.82, 2.24) is 4.98 Å². The van der Waals surface area contributed by atoms with Gasteiger partial charge in [0.15, 0.2) is 0 Å². The fraction of sp³-hybridized carbons (Fsp3) is 0. The predicted octanol–water partition coefficient (Wildman–Crippen LogP) is 2.00. The molecule has 2 aromatic rings. The minimum atomic E-state index is -4.11. The summed E-state index contributed by atoms with van der Waals surface area (Å²) in [6.45, 7) is 0. The van der Waals surface area contributed by atoms with Crippen LogP contribution in [-0.2, 0) is 10.1 Å². The van der Waals surface area contributed by atoms with Crippen molar-refractivity contribution < 1.29 is 13.0 Å². The highest BCUT2D eigenvalue weighted by atomic mass is 32.2. The van der Waals surface area contributed by atoms with Crippen LogP contribution >= 0.6 is 0 Å². The van der Waals surface area contributed by atoms with Gasteiger partial charge in [0.1, 0.15) is 0 Å². The lowest BCUT2D eigenvalue weighted by atomic mass is 10.1. The molecule has 0 radical (unpaired) electrons. The second-order valence-corrected chi connectivity index (χ2v) is 4.66. The third-order valence-corrected chi connectivity index (χ3v) is 3.03. The van der Waals surface area contributed by atoms with Crippen LogP contribution in [-0.4, -0.2) is 18.0 Å². The Labute approximate surface area is 93.3 Å². The zero-order valence-electron chi connectivity index (χ0n) is 8.24. The molecule has 0 amide bonds. The van der Waals surface area contributed by atoms with Crippen LogP contribution in [0, 0.1) is 0 Å². The van der Waals surface area contributed by atoms with Gasteiger partial charge in [-0.25, -0.2) is 0 Å². The summed E-state index contributed by atoms with van der Waals surface area (Å²) in [5, 5.41) is 0. The average molecular weight is 235 g/mol. The van der Waals surface area contributed by atoms with Gasteiger partial charge < -0.3 is 0 Å². The lowest BCUT2D eigenvalue weighted by molar-refractivity contribution is 0.483. The van der Waals surface area contributed by atoms with E-state index in [4.69, 9.17) is 4.55 Å². The molecule has 0 aliphatic carbocycles. The van der Waals surface area contributed by atoms with Crippen molar-refractivity contribution in [3.05, 3.63) is 48.8 Å². The first-order valence-electron chi connectivity index (χ1n) is 4.55. The van der Waals surface area contributed by atoms with Gasteiger partial charge in [-0.3, -0.25) is 9.54 Å². The predicted molar refractivity (Wildman–Crippen MR) is 59.5 cm³/mol. The van der Waals surface area contributed by atoms with Crippen molar-refractivity contribution in [2.75, 3.05) is 0 Å². The topological polar surface area (TPSA) is 67.3 Å². The van der Waals surface area contributed by atoms with Crippen LogP contribution in [0.1, 0.15) is 0 Å². The molecule has 2 rings (SSSR count). The molecule has 0 aliphatic heterocycles. The minimum absolute atomic E-state index is 0.106. The van der Waals surface area contributed by atoms with E-state index in [0.717, 1.165) is 11.1 Å². The summed E-state index contributed by atoms with van der Waals surface area (Å²) < 4.78 is 30.5. The van der Waals surface area contributed by atoms with Gasteiger partial charge in [0.25, 0.3) is 10.1 Å². The van der Waals surface area contributed by atoms with E-state index in [2.05, 4.69) is 4.98 Å². The normalized spacial score (nSPS) is 11.3. The molecule has 0 atom stereocenters. The monoisotopic (exact) mass is 235 g/mol. The molecule has 0 bridgehead atoms. The Bertz CT molecular complexity index is 576. The van der Waals surface area contributed by atoms with Crippen LogP contribution in [0.2, 0.25) is 0 Å². The molecule has 0 saturated carbocycles. The molecule has 5 heteroatoms. The summed E-state index contributed by atoms with van der Waals surface area (Å²) in [5.74, 6) is 0. The standard InChI is InChI=1S/C11H9NO3S/c13-16(14,15)11-3-1-9(2-4-11)10-5-7-12-8-6-10/h1-8H,(H,13,14,15). The van der Waals surface area contributed by atoms with E-state index >= 15 is 0 Å². The number of hydrogen-bond acceptors (Lipinski definition) is 3. The van der Waals surface area contributed by atoms with E-state index in [1.165, 1.54) is 12.1 Å². The van der Waals surface area contributed by atoms with Crippen LogP contribution in [0.15, 0.2) is 53.7 Å². The fourth-order valence-corrected chi connectivity index (χ4v) is 1.84. The summed E-state index contributed by atoms with van der Waals surface area (Å²) >= 11 is 0. The highest BCUT2D eigenvalue weighted by Crippen LogP contribution is 2.20. The summed E-state index contributed by atoms with van der Waals surface area (Å²) in [7, 11) is -4.11. The first kappa shape index (κ1) is 10.8. The van der Waals surface area contributed by atoms with Gasteiger partial charge in [0.2, 0.25) is 0 Å². The second-order valence-electron chi connectivity index (χ2n) is 3.24. The Hall–Kier alpha value is -1.72. The van der Waals surface area contributed by atoms with Gasteiger partial charge in [-0.15, -0.1) is 0 Å². The SMILES string of the molecule is O=S(=O)(O)c1ccc(-c2ccncc2)cc1. The van der Waals surface area contributed by atoms with E-state index < -0.39 is 10.1 Å². The Balaban J connectivity index is 2.41. The molecule has 0 unspecified atom stereocenters. The number of aromatic nitrogens is 1. The van der Waals surface area contributed by atoms with E-state index in [1.807, 2.05) is 12.1 Å². The van der Waals surface area contributed by atoms with Gasteiger partial charge in [-0.2, -0.15) is 8.42 Å². The van der Waals surface area contributed by atoms with Gasteiger partial charge >= 0.3 is 0 Å². The van der Waals surface area contributed by atoms with Gasteiger partial charge in [0.05, 0.1) is 4.90 Å². The first-order valence-corrected chi connectivity index (χ1v) is 5.99. The first-order chi connectivity index (χ1) is 7.57. The summed E-state index contributed by atoms with van der Waals surface area (Å²) in [5.41, 5.74) is 1.81. The quantitative estimate of drug-likeness (QED) is 0.808. The zero-order valence-corrected chi connectivity index (χ0v) is 9.05. The second kappa shape index (κ2) is 4.03. The summed E-state index contributed by atoms with van der Waals surface area (Å²) in [6, 6.07) is 9.65. The molecular formula is C11H9NO3S. The van der Waals surface area contributed by atoms with Gasteiger partial charge in [-0.05, 0) is 35.4 Å². The lowest BCUT2D eigenvalue weighted by Gasteiger charge is -2.01. The zero-order chi connectivity index (χ0) is 11.6. The van der Waals surface area contributed by atoms with E-state index in [0.29, 0.717) is 0 Å². The fourth-order valence-electron chi connectivity index (χ4n) is 1.36. The molecule has 0 spiro atoms. The number of hydrogen-bond donors (Lipinski definition) is 1. The molecule has 1 N–H and O–H groups in total. The number of nitrogens with zero attached hydrogens (tertiary/aromatic N) is 1. The van der Waals surface area contributed by atoms with Crippen LogP contribution in [0.3, 0.4) is 0 Å². The molecule has 1 aromatic carbocycles. The molecule has 0 fully saturated rings. The molecular weight excluding hydrogens is 226 g/mol. The number of pyridine rings is 1. The average Bonchev–Trinajstić information content (AvgIpc) is 2.29. The molecule has 4 nitrogen and oxygen atoms in total. The van der Waals surface area contributed by atoms with E-state index in [-0.39, 0.29) is 4.90 Å². The van der Waals surface area contributed by atoms with E-state index in [1.54, 1.807) is 24.5 Å². The molecule has 1 aromatic heterocycles. The highest BCUT2D eigenvalue weighted by Gasteiger charge is 2.08. The smallest absolute Gasteiger partial charge is 0.282 e. The summed E-state index contributed by atoms with van der Waals surface area (Å²) in [4.78, 5) is 3.79. The minimum Gasteiger partial charge on any atom is -0.282 e. The molecule has 0 saturated heterocycles. The molecule has 1 heterocycles.